The number of halogens is 2. The Bertz CT molecular complexity index is 642. The Morgan fingerprint density at radius 3 is 2.27 bits per heavy atom. The first-order valence-corrected chi connectivity index (χ1v) is 9.19. The van der Waals surface area contributed by atoms with Gasteiger partial charge in [-0.25, -0.2) is 0 Å². The van der Waals surface area contributed by atoms with Crippen LogP contribution in [0, 0.1) is 5.92 Å². The summed E-state index contributed by atoms with van der Waals surface area (Å²) in [5.74, 6) is 0.377. The number of benzene rings is 1. The maximum absolute atomic E-state index is 12.6. The Labute approximate surface area is 153 Å². The molecule has 0 aromatic heterocycles. The normalized spacial score (nSPS) is 27.2. The third-order valence-corrected chi connectivity index (χ3v) is 5.20. The summed E-state index contributed by atoms with van der Waals surface area (Å²) in [6, 6.07) is 6.77. The van der Waals surface area contributed by atoms with Crippen molar-refractivity contribution in [2.75, 3.05) is 0 Å². The summed E-state index contributed by atoms with van der Waals surface area (Å²) >= 11 is 0. The van der Waals surface area contributed by atoms with Gasteiger partial charge in [0, 0.05) is 23.0 Å². The first-order chi connectivity index (χ1) is 12.0. The van der Waals surface area contributed by atoms with Gasteiger partial charge in [0.15, 0.2) is 0 Å². The molecule has 1 aromatic carbocycles. The van der Waals surface area contributed by atoms with Gasteiger partial charge in [0.25, 0.3) is 0 Å². The fraction of sp³-hybridized carbons (Fsp3) is 0.650. The molecule has 1 saturated carbocycles. The zero-order valence-corrected chi connectivity index (χ0v) is 15.8. The monoisotopic (exact) mass is 366 g/mol. The van der Waals surface area contributed by atoms with Crippen molar-refractivity contribution in [2.45, 2.75) is 76.6 Å². The predicted octanol–water partition coefficient (Wildman–Crippen LogP) is 3.82. The van der Waals surface area contributed by atoms with Gasteiger partial charge in [-0.1, -0.05) is 12.1 Å². The van der Waals surface area contributed by atoms with E-state index in [1.54, 1.807) is 12.1 Å². The Morgan fingerprint density at radius 1 is 1.15 bits per heavy atom. The lowest BCUT2D eigenvalue weighted by molar-refractivity contribution is -0.123. The molecule has 0 bridgehead atoms. The van der Waals surface area contributed by atoms with Gasteiger partial charge in [-0.15, -0.1) is 0 Å². The number of hydrogen-bond donors (Lipinski definition) is 2. The fourth-order valence-electron chi connectivity index (χ4n) is 4.48. The molecule has 2 N–H and O–H groups in total. The summed E-state index contributed by atoms with van der Waals surface area (Å²) < 4.78 is 28.8. The lowest BCUT2D eigenvalue weighted by atomic mass is 9.79. The first-order valence-electron chi connectivity index (χ1n) is 9.19. The van der Waals surface area contributed by atoms with Crippen LogP contribution in [0.3, 0.4) is 0 Å². The van der Waals surface area contributed by atoms with Crippen molar-refractivity contribution in [2.24, 2.45) is 5.92 Å². The molecule has 144 valence electrons. The van der Waals surface area contributed by atoms with Gasteiger partial charge in [0.1, 0.15) is 5.75 Å². The molecule has 26 heavy (non-hydrogen) atoms. The maximum atomic E-state index is 12.6. The molecule has 0 radical (unpaired) electrons. The van der Waals surface area contributed by atoms with Crippen LogP contribution in [-0.2, 0) is 4.79 Å². The van der Waals surface area contributed by atoms with Gasteiger partial charge in [-0.3, -0.25) is 4.79 Å². The van der Waals surface area contributed by atoms with E-state index in [2.05, 4.69) is 43.1 Å². The van der Waals surface area contributed by atoms with Crippen LogP contribution >= 0.6 is 0 Å². The van der Waals surface area contributed by atoms with Crippen LogP contribution in [0.25, 0.3) is 0 Å². The van der Waals surface area contributed by atoms with Crippen molar-refractivity contribution in [1.29, 1.82) is 0 Å². The smallest absolute Gasteiger partial charge is 0.387 e. The number of rotatable bonds is 5. The highest BCUT2D eigenvalue weighted by Gasteiger charge is 2.46. The van der Waals surface area contributed by atoms with Crippen molar-refractivity contribution in [3.8, 4) is 5.75 Å². The Morgan fingerprint density at radius 2 is 1.73 bits per heavy atom. The number of ether oxygens (including phenoxy) is 1. The average Bonchev–Trinajstić information content (AvgIpc) is 3.24. The lowest BCUT2D eigenvalue weighted by Gasteiger charge is -2.46. The third kappa shape index (κ3) is 4.72. The average molecular weight is 366 g/mol. The summed E-state index contributed by atoms with van der Waals surface area (Å²) in [5, 5.41) is 6.84. The van der Waals surface area contributed by atoms with Gasteiger partial charge in [0.2, 0.25) is 5.91 Å². The molecule has 0 spiro atoms. The number of amides is 1. The molecule has 4 nitrogen and oxygen atoms in total. The van der Waals surface area contributed by atoms with E-state index in [9.17, 15) is 13.6 Å². The summed E-state index contributed by atoms with van der Waals surface area (Å²) in [5.41, 5.74) is 0.976. The van der Waals surface area contributed by atoms with E-state index < -0.39 is 6.61 Å². The summed E-state index contributed by atoms with van der Waals surface area (Å²) in [6.45, 7) is 5.83. The molecular formula is C20H28F2N2O2. The largest absolute Gasteiger partial charge is 0.435 e. The number of alkyl halides is 2. The Kier molecular flexibility index (Phi) is 4.99. The molecule has 2 atom stereocenters. The molecule has 1 amide bonds. The topological polar surface area (TPSA) is 50.4 Å². The Hall–Kier alpha value is -1.69. The van der Waals surface area contributed by atoms with Gasteiger partial charge >= 0.3 is 6.61 Å². The van der Waals surface area contributed by atoms with Gasteiger partial charge in [-0.05, 0) is 70.6 Å². The highest BCUT2D eigenvalue weighted by molar-refractivity contribution is 5.83. The quantitative estimate of drug-likeness (QED) is 0.833. The molecule has 1 aliphatic carbocycles. The molecular weight excluding hydrogens is 338 g/mol. The lowest BCUT2D eigenvalue weighted by Crippen LogP contribution is -2.62. The van der Waals surface area contributed by atoms with Crippen LogP contribution in [0.5, 0.6) is 5.75 Å². The molecule has 6 heteroatoms. The second kappa shape index (κ2) is 6.80. The summed E-state index contributed by atoms with van der Waals surface area (Å²) in [4.78, 5) is 12.6. The van der Waals surface area contributed by atoms with E-state index in [1.807, 2.05) is 0 Å². The van der Waals surface area contributed by atoms with Gasteiger partial charge < -0.3 is 15.4 Å². The van der Waals surface area contributed by atoms with Crippen molar-refractivity contribution in [3.05, 3.63) is 29.8 Å². The second-order valence-corrected chi connectivity index (χ2v) is 8.90. The molecule has 1 aromatic rings. The van der Waals surface area contributed by atoms with Crippen LogP contribution in [0.1, 0.15) is 58.4 Å². The summed E-state index contributed by atoms with van der Waals surface area (Å²) in [6.07, 6.45) is 2.61. The molecule has 1 aliphatic heterocycles. The maximum Gasteiger partial charge on any atom is 0.387 e. The molecule has 0 unspecified atom stereocenters. The zero-order chi connectivity index (χ0) is 19.1. The minimum absolute atomic E-state index is 0.0107. The number of hydrogen-bond acceptors (Lipinski definition) is 3. The summed E-state index contributed by atoms with van der Waals surface area (Å²) in [7, 11) is 0. The third-order valence-electron chi connectivity index (χ3n) is 5.20. The van der Waals surface area contributed by atoms with E-state index in [1.165, 1.54) is 12.1 Å². The first kappa shape index (κ1) is 19.1. The van der Waals surface area contributed by atoms with E-state index in [4.69, 9.17) is 0 Å². The molecule has 1 saturated heterocycles. The zero-order valence-electron chi connectivity index (χ0n) is 15.8. The molecule has 1 heterocycles. The minimum Gasteiger partial charge on any atom is -0.435 e. The second-order valence-electron chi connectivity index (χ2n) is 8.90. The molecule has 2 fully saturated rings. The van der Waals surface area contributed by atoms with Crippen molar-refractivity contribution < 1.29 is 18.3 Å². The number of carbonyl (C=O) groups excluding carboxylic acids is 1. The number of carbonyl (C=O) groups is 1. The number of nitrogens with one attached hydrogen (secondary N) is 2. The Balaban J connectivity index is 1.56. The van der Waals surface area contributed by atoms with Crippen molar-refractivity contribution >= 4 is 5.91 Å². The van der Waals surface area contributed by atoms with Crippen molar-refractivity contribution in [3.63, 3.8) is 0 Å². The fourth-order valence-corrected chi connectivity index (χ4v) is 4.48. The number of piperidine rings is 1. The van der Waals surface area contributed by atoms with E-state index in [0.29, 0.717) is 0 Å². The van der Waals surface area contributed by atoms with E-state index in [-0.39, 0.29) is 40.6 Å². The highest BCUT2D eigenvalue weighted by atomic mass is 19.3. The van der Waals surface area contributed by atoms with Gasteiger partial charge in [0.05, 0.1) is 0 Å². The van der Waals surface area contributed by atoms with Crippen LogP contribution < -0.4 is 15.4 Å². The minimum atomic E-state index is -2.82. The van der Waals surface area contributed by atoms with Crippen molar-refractivity contribution in [1.82, 2.24) is 10.6 Å². The van der Waals surface area contributed by atoms with Crippen LogP contribution in [0.4, 0.5) is 8.78 Å². The standard InChI is InChI=1S/C20H28F2N2O2/c1-19(2)10-13(11-20(3,4)24-19)23-17(25)16-9-15(16)12-5-7-14(8-6-12)26-18(21)22/h5-8,13,15-16,18,24H,9-11H2,1-4H3,(H,23,25)/t15-,16+/m0/s1. The van der Waals surface area contributed by atoms with Crippen LogP contribution in [-0.4, -0.2) is 29.6 Å². The van der Waals surface area contributed by atoms with Crippen LogP contribution in [0.15, 0.2) is 24.3 Å². The van der Waals surface area contributed by atoms with Crippen LogP contribution in [0.2, 0.25) is 0 Å². The van der Waals surface area contributed by atoms with E-state index in [0.717, 1.165) is 24.8 Å². The predicted molar refractivity (Wildman–Crippen MR) is 96.4 cm³/mol. The molecule has 2 aliphatic rings. The molecule has 3 rings (SSSR count). The van der Waals surface area contributed by atoms with Gasteiger partial charge in [-0.2, -0.15) is 8.78 Å². The highest BCUT2D eigenvalue weighted by Crippen LogP contribution is 2.48. The van der Waals surface area contributed by atoms with E-state index >= 15 is 0 Å². The SMILES string of the molecule is CC1(C)CC(NC(=O)[C@@H]2C[C@H]2c2ccc(OC(F)F)cc2)CC(C)(C)N1.